The van der Waals surface area contributed by atoms with Crippen molar-refractivity contribution in [1.29, 1.82) is 0 Å². The first-order chi connectivity index (χ1) is 18.9. The van der Waals surface area contributed by atoms with E-state index >= 15 is 0 Å². The predicted octanol–water partition coefficient (Wildman–Crippen LogP) is 7.48. The number of allylic oxidation sites excluding steroid dienone is 4. The minimum atomic E-state index is -1.17. The standard InChI is InChI=1S/C31H35Cl3O5S/c1-4-5-26-38-25-13-20-19-7-6-16-10-18(35)8-9-29(16,2)27(19)23(36)14-30(20,3)31(25,39-26)24(37)15-40-28-21(33)11-17(32)12-22(28)34/h8-12,19-20,23,25-27,36H,4-7,13-15H2,1-3H3/t19?,20?,23?,25-,26?,27?,29?,30?,31-/m1/s1. The lowest BCUT2D eigenvalue weighted by atomic mass is 9.46. The second-order valence-electron chi connectivity index (χ2n) is 12.6. The van der Waals surface area contributed by atoms with E-state index in [4.69, 9.17) is 44.3 Å². The van der Waals surface area contributed by atoms with E-state index in [9.17, 15) is 14.7 Å². The molecule has 7 unspecified atom stereocenters. The van der Waals surface area contributed by atoms with Gasteiger partial charge in [-0.05, 0) is 68.2 Å². The van der Waals surface area contributed by atoms with Gasteiger partial charge in [0.05, 0.1) is 28.0 Å². The van der Waals surface area contributed by atoms with Crippen LogP contribution in [0.25, 0.3) is 0 Å². The Kier molecular flexibility index (Phi) is 7.59. The van der Waals surface area contributed by atoms with Crippen LogP contribution in [0, 0.1) is 28.6 Å². The molecule has 216 valence electrons. The molecule has 0 spiro atoms. The van der Waals surface area contributed by atoms with Crippen molar-refractivity contribution in [3.63, 3.8) is 0 Å². The highest BCUT2D eigenvalue weighted by atomic mass is 35.5. The first-order valence-electron chi connectivity index (χ1n) is 14.2. The molecule has 4 aliphatic carbocycles. The molecule has 9 heteroatoms. The van der Waals surface area contributed by atoms with Crippen LogP contribution in [0.5, 0.6) is 0 Å². The second kappa shape index (κ2) is 10.4. The summed E-state index contributed by atoms with van der Waals surface area (Å²) < 4.78 is 13.2. The van der Waals surface area contributed by atoms with Gasteiger partial charge in [0.25, 0.3) is 0 Å². The maximum atomic E-state index is 14.4. The Morgan fingerprint density at radius 3 is 2.62 bits per heavy atom. The summed E-state index contributed by atoms with van der Waals surface area (Å²) in [6.45, 7) is 6.36. The van der Waals surface area contributed by atoms with Crippen molar-refractivity contribution in [2.75, 3.05) is 5.75 Å². The highest BCUT2D eigenvalue weighted by Crippen LogP contribution is 2.70. The fraction of sp³-hybridized carbons (Fsp3) is 0.613. The van der Waals surface area contributed by atoms with Gasteiger partial charge in [-0.25, -0.2) is 0 Å². The van der Waals surface area contributed by atoms with Crippen LogP contribution in [-0.4, -0.2) is 46.5 Å². The summed E-state index contributed by atoms with van der Waals surface area (Å²) in [5.74, 6) is 0.353. The summed E-state index contributed by atoms with van der Waals surface area (Å²) in [6, 6.07) is 3.25. The van der Waals surface area contributed by atoms with E-state index in [0.29, 0.717) is 39.2 Å². The summed E-state index contributed by atoms with van der Waals surface area (Å²) in [6.07, 6.45) is 8.31. The highest BCUT2D eigenvalue weighted by molar-refractivity contribution is 8.00. The maximum absolute atomic E-state index is 14.4. The molecule has 0 radical (unpaired) electrons. The van der Waals surface area contributed by atoms with Gasteiger partial charge in [-0.1, -0.05) is 73.6 Å². The second-order valence-corrected chi connectivity index (χ2v) is 14.8. The van der Waals surface area contributed by atoms with Crippen LogP contribution in [0.15, 0.2) is 40.8 Å². The van der Waals surface area contributed by atoms with E-state index in [2.05, 4.69) is 20.8 Å². The lowest BCUT2D eigenvalue weighted by Crippen LogP contribution is -2.63. The van der Waals surface area contributed by atoms with Gasteiger partial charge in [-0.15, -0.1) is 11.8 Å². The van der Waals surface area contributed by atoms with Gasteiger partial charge in [0, 0.05) is 26.7 Å². The topological polar surface area (TPSA) is 72.8 Å². The number of Topliss-reactive ketones (excluding diaryl/α,β-unsaturated/α-hetero) is 1. The molecule has 0 amide bonds. The van der Waals surface area contributed by atoms with E-state index in [1.54, 1.807) is 24.3 Å². The third-order valence-electron chi connectivity index (χ3n) is 10.5. The number of aliphatic hydroxyl groups excluding tert-OH is 1. The Morgan fingerprint density at radius 2 is 1.93 bits per heavy atom. The number of carbonyl (C=O) groups excluding carboxylic acids is 2. The first-order valence-corrected chi connectivity index (χ1v) is 16.3. The van der Waals surface area contributed by atoms with E-state index in [1.807, 2.05) is 6.08 Å². The van der Waals surface area contributed by atoms with Gasteiger partial charge in [0.2, 0.25) is 0 Å². The molecule has 40 heavy (non-hydrogen) atoms. The average Bonchev–Trinajstić information content (AvgIpc) is 3.35. The molecule has 6 rings (SSSR count). The largest absolute Gasteiger partial charge is 0.393 e. The van der Waals surface area contributed by atoms with Gasteiger partial charge < -0.3 is 14.6 Å². The fourth-order valence-electron chi connectivity index (χ4n) is 8.92. The molecule has 1 aromatic rings. The highest BCUT2D eigenvalue weighted by Gasteiger charge is 2.75. The van der Waals surface area contributed by atoms with Crippen LogP contribution in [0.1, 0.15) is 59.3 Å². The fourth-order valence-corrected chi connectivity index (χ4v) is 10.9. The summed E-state index contributed by atoms with van der Waals surface area (Å²) >= 11 is 20.3. The average molecular weight is 626 g/mol. The number of fused-ring (bicyclic) bond motifs is 7. The quantitative estimate of drug-likeness (QED) is 0.331. The molecule has 5 nitrogen and oxygen atoms in total. The Balaban J connectivity index is 1.35. The molecule has 1 aromatic carbocycles. The Bertz CT molecular complexity index is 1290. The van der Waals surface area contributed by atoms with E-state index in [0.717, 1.165) is 24.8 Å². The minimum Gasteiger partial charge on any atom is -0.393 e. The summed E-state index contributed by atoms with van der Waals surface area (Å²) in [5, 5.41) is 13.1. The van der Waals surface area contributed by atoms with Crippen LogP contribution in [0.4, 0.5) is 0 Å². The minimum absolute atomic E-state index is 0.0168. The third kappa shape index (κ3) is 4.23. The number of ketones is 2. The number of benzene rings is 1. The number of aliphatic hydroxyl groups is 1. The number of rotatable bonds is 6. The molecule has 1 heterocycles. The molecular weight excluding hydrogens is 591 g/mol. The van der Waals surface area contributed by atoms with E-state index in [1.165, 1.54) is 11.8 Å². The number of thioether (sulfide) groups is 1. The monoisotopic (exact) mass is 624 g/mol. The molecule has 3 saturated carbocycles. The van der Waals surface area contributed by atoms with Crippen molar-refractivity contribution in [2.24, 2.45) is 28.6 Å². The SMILES string of the molecule is CCCC1O[C@@H]2CC3C4CCC5=CC(=O)C=CC5(C)C4C(O)CC3(C)[C@]2(C(=O)CSc2c(Cl)cc(Cl)cc2Cl)O1. The number of halogens is 3. The van der Waals surface area contributed by atoms with Crippen molar-refractivity contribution >= 4 is 58.1 Å². The molecule has 1 saturated heterocycles. The van der Waals surface area contributed by atoms with Crippen molar-refractivity contribution in [2.45, 2.75) is 88.3 Å². The van der Waals surface area contributed by atoms with Gasteiger partial charge in [0.15, 0.2) is 23.5 Å². The van der Waals surface area contributed by atoms with Crippen LogP contribution in [-0.2, 0) is 19.1 Å². The number of ether oxygens (including phenoxy) is 2. The summed E-state index contributed by atoms with van der Waals surface area (Å²) in [7, 11) is 0. The number of hydrogen-bond acceptors (Lipinski definition) is 6. The molecule has 0 bridgehead atoms. The zero-order chi connectivity index (χ0) is 28.6. The Hall–Kier alpha value is -0.860. The van der Waals surface area contributed by atoms with Gasteiger partial charge in [-0.3, -0.25) is 9.59 Å². The first kappa shape index (κ1) is 29.2. The van der Waals surface area contributed by atoms with Gasteiger partial charge in [0.1, 0.15) is 0 Å². The van der Waals surface area contributed by atoms with Crippen LogP contribution in [0.2, 0.25) is 15.1 Å². The normalized spacial score (nSPS) is 41.7. The zero-order valence-electron chi connectivity index (χ0n) is 22.9. The zero-order valence-corrected chi connectivity index (χ0v) is 26.0. The molecular formula is C31H35Cl3O5S. The third-order valence-corrected chi connectivity index (χ3v) is 12.7. The maximum Gasteiger partial charge on any atom is 0.178 e. The molecule has 1 aliphatic heterocycles. The Labute approximate surface area is 255 Å². The van der Waals surface area contributed by atoms with Gasteiger partial charge >= 0.3 is 0 Å². The van der Waals surface area contributed by atoms with Crippen LogP contribution in [0.3, 0.4) is 0 Å². The molecule has 0 aromatic heterocycles. The Morgan fingerprint density at radius 1 is 1.20 bits per heavy atom. The predicted molar refractivity (Wildman–Crippen MR) is 158 cm³/mol. The number of hydrogen-bond donors (Lipinski definition) is 1. The molecule has 4 fully saturated rings. The summed E-state index contributed by atoms with van der Waals surface area (Å²) in [5.41, 5.74) is -1.05. The van der Waals surface area contributed by atoms with Crippen molar-refractivity contribution in [1.82, 2.24) is 0 Å². The lowest BCUT2D eigenvalue weighted by molar-refractivity contribution is -0.197. The van der Waals surface area contributed by atoms with E-state index in [-0.39, 0.29) is 46.6 Å². The number of carbonyl (C=O) groups is 2. The van der Waals surface area contributed by atoms with Crippen molar-refractivity contribution < 1.29 is 24.2 Å². The van der Waals surface area contributed by atoms with Crippen LogP contribution < -0.4 is 0 Å². The molecule has 1 N–H and O–H groups in total. The lowest BCUT2D eigenvalue weighted by Gasteiger charge is -2.59. The van der Waals surface area contributed by atoms with E-state index < -0.39 is 23.4 Å². The van der Waals surface area contributed by atoms with Crippen LogP contribution >= 0.6 is 46.6 Å². The molecule has 5 aliphatic rings. The van der Waals surface area contributed by atoms with Crippen molar-refractivity contribution in [3.8, 4) is 0 Å². The van der Waals surface area contributed by atoms with Gasteiger partial charge in [-0.2, -0.15) is 0 Å². The molecule has 9 atom stereocenters. The smallest absolute Gasteiger partial charge is 0.178 e. The summed E-state index contributed by atoms with van der Waals surface area (Å²) in [4.78, 5) is 27.2. The van der Waals surface area contributed by atoms with Crippen molar-refractivity contribution in [3.05, 3.63) is 51.0 Å².